The van der Waals surface area contributed by atoms with Gasteiger partial charge in [0.25, 0.3) is 5.91 Å². The number of hydrogen-bond donors (Lipinski definition) is 0. The summed E-state index contributed by atoms with van der Waals surface area (Å²) in [6, 6.07) is 3.56. The Balaban J connectivity index is 1.42. The van der Waals surface area contributed by atoms with E-state index in [1.165, 1.54) is 18.2 Å². The highest BCUT2D eigenvalue weighted by Gasteiger charge is 2.45. The first kappa shape index (κ1) is 34.0. The van der Waals surface area contributed by atoms with E-state index in [9.17, 15) is 14.4 Å². The van der Waals surface area contributed by atoms with Crippen LogP contribution in [-0.2, 0) is 9.47 Å². The number of piperazine rings is 1. The van der Waals surface area contributed by atoms with Crippen LogP contribution in [-0.4, -0.2) is 115 Å². The quantitative estimate of drug-likeness (QED) is 0.311. The summed E-state index contributed by atoms with van der Waals surface area (Å²) >= 11 is 7.02. The molecule has 1 aromatic heterocycles. The molecule has 3 unspecified atom stereocenters. The summed E-state index contributed by atoms with van der Waals surface area (Å²) in [6.07, 6.45) is -1.49. The Hall–Kier alpha value is -3.84. The molecule has 12 nitrogen and oxygen atoms in total. The zero-order valence-corrected chi connectivity index (χ0v) is 29.2. The topological polar surface area (TPSA) is 114 Å². The van der Waals surface area contributed by atoms with Crippen LogP contribution in [0.15, 0.2) is 18.2 Å². The van der Waals surface area contributed by atoms with E-state index >= 15 is 4.39 Å². The maximum Gasteiger partial charge on any atom is 0.514 e. The summed E-state index contributed by atoms with van der Waals surface area (Å²) in [5.41, 5.74) is -1.52. The predicted molar refractivity (Wildman–Crippen MR) is 176 cm³/mol. The minimum Gasteiger partial charge on any atom is -0.489 e. The Morgan fingerprint density at radius 2 is 1.62 bits per heavy atom. The van der Waals surface area contributed by atoms with E-state index in [1.54, 1.807) is 51.3 Å². The van der Waals surface area contributed by atoms with Gasteiger partial charge < -0.3 is 38.5 Å². The molecular weight excluding hydrogens is 645 g/mol. The summed E-state index contributed by atoms with van der Waals surface area (Å²) < 4.78 is 38.6. The van der Waals surface area contributed by atoms with Crippen molar-refractivity contribution in [3.8, 4) is 22.8 Å². The average molecular weight is 688 g/mol. The fourth-order valence-electron chi connectivity index (χ4n) is 6.91. The summed E-state index contributed by atoms with van der Waals surface area (Å²) in [7, 11) is 2.09. The van der Waals surface area contributed by atoms with Gasteiger partial charge in [-0.15, -0.1) is 0 Å². The molecule has 0 aliphatic carbocycles. The number of hydrogen-bond acceptors (Lipinski definition) is 10. The number of carbonyl (C=O) groups excluding carboxylic acids is 3. The van der Waals surface area contributed by atoms with Crippen LogP contribution < -0.4 is 14.4 Å². The van der Waals surface area contributed by atoms with Gasteiger partial charge in [0.1, 0.15) is 51.5 Å². The van der Waals surface area contributed by atoms with Gasteiger partial charge in [-0.2, -0.15) is 0 Å². The Kier molecular flexibility index (Phi) is 8.91. The second kappa shape index (κ2) is 12.6. The van der Waals surface area contributed by atoms with Crippen molar-refractivity contribution < 1.29 is 37.7 Å². The van der Waals surface area contributed by atoms with E-state index in [-0.39, 0.29) is 65.5 Å². The van der Waals surface area contributed by atoms with Crippen LogP contribution in [0, 0.1) is 17.7 Å². The molecule has 0 spiro atoms. The van der Waals surface area contributed by atoms with E-state index in [0.29, 0.717) is 30.7 Å². The van der Waals surface area contributed by atoms with Crippen LogP contribution in [0.1, 0.15) is 51.9 Å². The molecule has 1 aromatic carbocycles. The highest BCUT2D eigenvalue weighted by atomic mass is 35.5. The first-order valence-electron chi connectivity index (χ1n) is 16.3. The smallest absolute Gasteiger partial charge is 0.489 e. The van der Waals surface area contributed by atoms with E-state index in [0.717, 1.165) is 13.1 Å². The lowest BCUT2D eigenvalue weighted by molar-refractivity contribution is 0.000936. The van der Waals surface area contributed by atoms with Crippen LogP contribution in [0.3, 0.4) is 0 Å². The molecule has 6 rings (SSSR count). The molecule has 48 heavy (non-hydrogen) atoms. The highest BCUT2D eigenvalue weighted by molar-refractivity contribution is 6.35. The van der Waals surface area contributed by atoms with Gasteiger partial charge in [-0.25, -0.2) is 19.0 Å². The van der Waals surface area contributed by atoms with Gasteiger partial charge >= 0.3 is 12.2 Å². The fourth-order valence-corrected chi connectivity index (χ4v) is 7.20. The number of likely N-dealkylation sites (tertiary alicyclic amines) is 1. The number of fused-ring (bicyclic) bond motifs is 3. The number of amides is 2. The Labute approximate surface area is 285 Å². The number of halogens is 2. The lowest BCUT2D eigenvalue weighted by atomic mass is 10.0. The molecule has 3 saturated heterocycles. The molecule has 3 fully saturated rings. The molecule has 14 heteroatoms. The standard InChI is InChI=1S/C34H43ClFN5O7/c1-33(2,3)47-31(43)39-11-12-41-21(17-39)18-45-28-25(30(41)42)29(40-15-19-13-38(7)14-20(19)16-40)37-27(26(28)35)24-22(36)9-8-10-23(24)46-32(44)48-34(4,5)6/h8-10,19-21H,11-18H2,1-7H3. The molecule has 4 aliphatic rings. The van der Waals surface area contributed by atoms with E-state index in [2.05, 4.69) is 16.8 Å². The van der Waals surface area contributed by atoms with Crippen LogP contribution in [0.5, 0.6) is 11.5 Å². The largest absolute Gasteiger partial charge is 0.514 e. The van der Waals surface area contributed by atoms with Gasteiger partial charge in [0.05, 0.1) is 11.6 Å². The van der Waals surface area contributed by atoms with Crippen molar-refractivity contribution in [3.63, 3.8) is 0 Å². The third-order valence-corrected chi connectivity index (χ3v) is 9.22. The van der Waals surface area contributed by atoms with E-state index < -0.39 is 35.3 Å². The molecule has 0 saturated carbocycles. The lowest BCUT2D eigenvalue weighted by Crippen LogP contribution is -2.58. The summed E-state index contributed by atoms with van der Waals surface area (Å²) in [5.74, 6) is -0.0959. The third-order valence-electron chi connectivity index (χ3n) is 8.87. The van der Waals surface area contributed by atoms with Crippen LogP contribution in [0.4, 0.5) is 19.8 Å². The molecule has 4 aliphatic heterocycles. The number of nitrogens with zero attached hydrogens (tertiary/aromatic N) is 5. The van der Waals surface area contributed by atoms with Gasteiger partial charge in [0.2, 0.25) is 0 Å². The van der Waals surface area contributed by atoms with Crippen molar-refractivity contribution in [2.24, 2.45) is 11.8 Å². The average Bonchev–Trinajstić information content (AvgIpc) is 3.47. The summed E-state index contributed by atoms with van der Waals surface area (Å²) in [6.45, 7) is 14.3. The van der Waals surface area contributed by atoms with E-state index in [1.807, 2.05) is 0 Å². The van der Waals surface area contributed by atoms with Crippen LogP contribution >= 0.6 is 11.6 Å². The molecule has 5 heterocycles. The minimum absolute atomic E-state index is 0.0230. The number of carbonyl (C=O) groups is 3. The summed E-state index contributed by atoms with van der Waals surface area (Å²) in [5, 5.41) is -0.0933. The number of aromatic nitrogens is 1. The maximum atomic E-state index is 15.8. The van der Waals surface area contributed by atoms with Crippen molar-refractivity contribution >= 4 is 35.6 Å². The zero-order valence-electron chi connectivity index (χ0n) is 28.5. The Bertz CT molecular complexity index is 1610. The molecule has 0 N–H and O–H groups in total. The minimum atomic E-state index is -1.02. The number of pyridine rings is 1. The number of rotatable bonds is 3. The molecule has 2 aromatic rings. The Morgan fingerprint density at radius 1 is 0.958 bits per heavy atom. The number of benzene rings is 1. The highest BCUT2D eigenvalue weighted by Crippen LogP contribution is 2.47. The molecule has 260 valence electrons. The van der Waals surface area contributed by atoms with Crippen molar-refractivity contribution in [2.75, 3.05) is 64.4 Å². The first-order valence-corrected chi connectivity index (χ1v) is 16.6. The van der Waals surface area contributed by atoms with Gasteiger partial charge in [0, 0.05) is 45.8 Å². The third kappa shape index (κ3) is 6.84. The predicted octanol–water partition coefficient (Wildman–Crippen LogP) is 5.31. The number of ether oxygens (including phenoxy) is 4. The second-order valence-electron chi connectivity index (χ2n) is 15.0. The van der Waals surface area contributed by atoms with Gasteiger partial charge in [-0.1, -0.05) is 17.7 Å². The van der Waals surface area contributed by atoms with Crippen LogP contribution in [0.2, 0.25) is 5.02 Å². The molecule has 0 radical (unpaired) electrons. The lowest BCUT2D eigenvalue weighted by Gasteiger charge is -2.40. The summed E-state index contributed by atoms with van der Waals surface area (Å²) in [4.78, 5) is 52.6. The van der Waals surface area contributed by atoms with Gasteiger partial charge in [0.15, 0.2) is 5.75 Å². The first-order chi connectivity index (χ1) is 22.5. The zero-order chi connectivity index (χ0) is 34.7. The molecular formula is C34H43ClFN5O7. The van der Waals surface area contributed by atoms with Crippen molar-refractivity contribution in [2.45, 2.75) is 58.8 Å². The second-order valence-corrected chi connectivity index (χ2v) is 15.4. The maximum absolute atomic E-state index is 15.8. The number of anilines is 1. The van der Waals surface area contributed by atoms with Crippen molar-refractivity contribution in [3.05, 3.63) is 34.6 Å². The molecule has 2 amide bonds. The van der Waals surface area contributed by atoms with E-state index in [4.69, 9.17) is 35.5 Å². The van der Waals surface area contributed by atoms with Gasteiger partial charge in [-0.05, 0) is 72.6 Å². The van der Waals surface area contributed by atoms with Crippen LogP contribution in [0.25, 0.3) is 11.3 Å². The normalized spacial score (nSPS) is 22.8. The SMILES string of the molecule is CN1CC2CN(c3nc(-c4c(F)cccc4OC(=O)OC(C)(C)C)c(Cl)c4c3C(=O)N3CCN(C(=O)OC(C)(C)C)CC3CO4)CC2C1. The Morgan fingerprint density at radius 3 is 2.27 bits per heavy atom. The van der Waals surface area contributed by atoms with Crippen molar-refractivity contribution in [1.29, 1.82) is 0 Å². The molecule has 3 atom stereocenters. The fraction of sp³-hybridized carbons (Fsp3) is 0.588. The van der Waals surface area contributed by atoms with Gasteiger partial charge in [-0.3, -0.25) is 4.79 Å². The molecule has 0 bridgehead atoms. The monoisotopic (exact) mass is 687 g/mol. The van der Waals surface area contributed by atoms with Crippen molar-refractivity contribution in [1.82, 2.24) is 19.7 Å².